The summed E-state index contributed by atoms with van der Waals surface area (Å²) >= 11 is 1.37. The molecule has 4 heterocycles. The van der Waals surface area contributed by atoms with Gasteiger partial charge in [0.1, 0.15) is 0 Å². The van der Waals surface area contributed by atoms with E-state index in [1.54, 1.807) is 31.0 Å². The number of anilines is 2. The standard InChI is InChI=1S/C27H30N8O3S/c1-3-5-27(23(36)37)6-10-35(11-7-27)24-31-14-18(15-32-24)17-12-19(21-16-28-8-9-30-21)22-20(13-17)33-26(39-22)34-25(38)29-4-2/h8-9,12-16H,3-7,10-11H2,1-2H3,(H,36,37)(H2,29,33,34,38). The second kappa shape index (κ2) is 11.3. The first-order chi connectivity index (χ1) is 18.9. The van der Waals surface area contributed by atoms with E-state index in [4.69, 9.17) is 0 Å². The van der Waals surface area contributed by atoms with Crippen molar-refractivity contribution in [1.29, 1.82) is 0 Å². The number of nitrogens with one attached hydrogen (secondary N) is 2. The van der Waals surface area contributed by atoms with Crippen LogP contribution >= 0.6 is 11.3 Å². The lowest BCUT2D eigenvalue weighted by Gasteiger charge is -2.38. The zero-order valence-corrected chi connectivity index (χ0v) is 22.7. The third kappa shape index (κ3) is 5.51. The monoisotopic (exact) mass is 546 g/mol. The van der Waals surface area contributed by atoms with E-state index >= 15 is 0 Å². The van der Waals surface area contributed by atoms with Crippen LogP contribution in [-0.4, -0.2) is 61.7 Å². The van der Waals surface area contributed by atoms with Gasteiger partial charge in [0.15, 0.2) is 5.13 Å². The fraction of sp³-hybridized carbons (Fsp3) is 0.370. The van der Waals surface area contributed by atoms with Crippen molar-refractivity contribution in [2.75, 3.05) is 29.9 Å². The largest absolute Gasteiger partial charge is 0.481 e. The van der Waals surface area contributed by atoms with Crippen LogP contribution in [0.4, 0.5) is 15.9 Å². The molecule has 39 heavy (non-hydrogen) atoms. The highest BCUT2D eigenvalue weighted by Gasteiger charge is 2.41. The number of piperidine rings is 1. The molecule has 3 aromatic heterocycles. The molecule has 1 aliphatic heterocycles. The Hall–Kier alpha value is -4.19. The van der Waals surface area contributed by atoms with E-state index in [0.29, 0.717) is 61.2 Å². The molecular weight excluding hydrogens is 516 g/mol. The first-order valence-corrected chi connectivity index (χ1v) is 13.8. The number of urea groups is 1. The van der Waals surface area contributed by atoms with E-state index < -0.39 is 11.4 Å². The summed E-state index contributed by atoms with van der Waals surface area (Å²) in [5.41, 5.74) is 3.26. The second-order valence-corrected chi connectivity index (χ2v) is 10.6. The number of nitrogens with zero attached hydrogens (tertiary/aromatic N) is 6. The van der Waals surface area contributed by atoms with Gasteiger partial charge in [0.25, 0.3) is 0 Å². The molecular formula is C27H30N8O3S. The maximum Gasteiger partial charge on any atom is 0.321 e. The lowest BCUT2D eigenvalue weighted by Crippen LogP contribution is -2.45. The Morgan fingerprint density at radius 2 is 1.82 bits per heavy atom. The van der Waals surface area contributed by atoms with Crippen molar-refractivity contribution < 1.29 is 14.7 Å². The minimum absolute atomic E-state index is 0.310. The minimum atomic E-state index is -0.707. The summed E-state index contributed by atoms with van der Waals surface area (Å²) in [6.45, 7) is 5.60. The molecule has 1 aliphatic rings. The number of carbonyl (C=O) groups excluding carboxylic acids is 1. The minimum Gasteiger partial charge on any atom is -0.481 e. The number of carboxylic acids is 1. The summed E-state index contributed by atoms with van der Waals surface area (Å²) in [6, 6.07) is 3.64. The predicted octanol–water partition coefficient (Wildman–Crippen LogP) is 4.82. The lowest BCUT2D eigenvalue weighted by molar-refractivity contribution is -0.150. The molecule has 2 amide bonds. The number of thiazole rings is 1. The zero-order chi connectivity index (χ0) is 27.4. The lowest BCUT2D eigenvalue weighted by atomic mass is 9.75. The first-order valence-electron chi connectivity index (χ1n) is 13.0. The molecule has 1 saturated heterocycles. The highest BCUT2D eigenvalue weighted by molar-refractivity contribution is 7.22. The third-order valence-corrected chi connectivity index (χ3v) is 8.06. The van der Waals surface area contributed by atoms with Crippen LogP contribution in [0, 0.1) is 5.41 Å². The van der Waals surface area contributed by atoms with Crippen molar-refractivity contribution in [3.8, 4) is 22.4 Å². The van der Waals surface area contributed by atoms with E-state index in [1.165, 1.54) is 11.3 Å². The fourth-order valence-electron chi connectivity index (χ4n) is 5.00. The average molecular weight is 547 g/mol. The van der Waals surface area contributed by atoms with Crippen molar-refractivity contribution in [3.63, 3.8) is 0 Å². The number of hydrogen-bond acceptors (Lipinski definition) is 9. The Balaban J connectivity index is 1.43. The topological polar surface area (TPSA) is 146 Å². The number of benzene rings is 1. The normalized spacial score (nSPS) is 14.8. The van der Waals surface area contributed by atoms with Crippen molar-refractivity contribution in [1.82, 2.24) is 30.2 Å². The number of aromatic nitrogens is 5. The Bertz CT molecular complexity index is 1470. The molecule has 0 saturated carbocycles. The van der Waals surface area contributed by atoms with Crippen LogP contribution in [0.2, 0.25) is 0 Å². The van der Waals surface area contributed by atoms with Crippen LogP contribution in [0.3, 0.4) is 0 Å². The van der Waals surface area contributed by atoms with Crippen molar-refractivity contribution in [2.24, 2.45) is 5.41 Å². The summed E-state index contributed by atoms with van der Waals surface area (Å²) in [6.07, 6.45) is 11.2. The highest BCUT2D eigenvalue weighted by Crippen LogP contribution is 2.39. The summed E-state index contributed by atoms with van der Waals surface area (Å²) < 4.78 is 0.880. The van der Waals surface area contributed by atoms with Gasteiger partial charge >= 0.3 is 12.0 Å². The number of hydrogen-bond donors (Lipinski definition) is 3. The van der Waals surface area contributed by atoms with Crippen molar-refractivity contribution in [3.05, 3.63) is 43.1 Å². The molecule has 202 valence electrons. The molecule has 0 aliphatic carbocycles. The number of fused-ring (bicyclic) bond motifs is 1. The number of rotatable bonds is 8. The molecule has 12 heteroatoms. The molecule has 0 bridgehead atoms. The van der Waals surface area contributed by atoms with E-state index in [2.05, 4.69) is 40.5 Å². The Kier molecular flexibility index (Phi) is 7.64. The summed E-state index contributed by atoms with van der Waals surface area (Å²) in [5, 5.41) is 15.8. The summed E-state index contributed by atoms with van der Waals surface area (Å²) in [4.78, 5) is 48.6. The van der Waals surface area contributed by atoms with Gasteiger partial charge in [-0.05, 0) is 43.9 Å². The van der Waals surface area contributed by atoms with Crippen LogP contribution < -0.4 is 15.5 Å². The smallest absolute Gasteiger partial charge is 0.321 e. The molecule has 0 unspecified atom stereocenters. The molecule has 0 atom stereocenters. The Morgan fingerprint density at radius 1 is 1.05 bits per heavy atom. The second-order valence-electron chi connectivity index (χ2n) is 9.56. The Morgan fingerprint density at radius 3 is 2.46 bits per heavy atom. The molecule has 0 spiro atoms. The summed E-state index contributed by atoms with van der Waals surface area (Å²) in [5.74, 6) is -0.118. The number of carboxylic acid groups (broad SMARTS) is 1. The van der Waals surface area contributed by atoms with Gasteiger partial charge in [-0.1, -0.05) is 24.7 Å². The summed E-state index contributed by atoms with van der Waals surface area (Å²) in [7, 11) is 0. The maximum atomic E-state index is 12.1. The van der Waals surface area contributed by atoms with Crippen LogP contribution in [-0.2, 0) is 4.79 Å². The van der Waals surface area contributed by atoms with Gasteiger partial charge in [0, 0.05) is 55.5 Å². The van der Waals surface area contributed by atoms with Gasteiger partial charge < -0.3 is 15.3 Å². The van der Waals surface area contributed by atoms with E-state index in [0.717, 1.165) is 27.8 Å². The Labute approximate surface area is 229 Å². The van der Waals surface area contributed by atoms with E-state index in [9.17, 15) is 14.7 Å². The van der Waals surface area contributed by atoms with E-state index in [-0.39, 0.29) is 6.03 Å². The first kappa shape index (κ1) is 26.4. The number of amides is 2. The molecule has 11 nitrogen and oxygen atoms in total. The quantitative estimate of drug-likeness (QED) is 0.283. The van der Waals surface area contributed by atoms with E-state index in [1.807, 2.05) is 26.0 Å². The molecule has 4 aromatic rings. The molecule has 5 rings (SSSR count). The van der Waals surface area contributed by atoms with Gasteiger partial charge in [-0.3, -0.25) is 20.1 Å². The van der Waals surface area contributed by atoms with Gasteiger partial charge in [0.05, 0.1) is 27.5 Å². The SMILES string of the molecule is CCCC1(C(=O)O)CCN(c2ncc(-c3cc(-c4cnccn4)c4sc(NC(=O)NCC)nc4c3)cn2)CC1. The zero-order valence-electron chi connectivity index (χ0n) is 21.8. The predicted molar refractivity (Wildman–Crippen MR) is 151 cm³/mol. The van der Waals surface area contributed by atoms with Crippen LogP contribution in [0.1, 0.15) is 39.5 Å². The molecule has 0 radical (unpaired) electrons. The van der Waals surface area contributed by atoms with Crippen LogP contribution in [0.25, 0.3) is 32.6 Å². The highest BCUT2D eigenvalue weighted by atomic mass is 32.1. The fourth-order valence-corrected chi connectivity index (χ4v) is 5.96. The van der Waals surface area contributed by atoms with Gasteiger partial charge in [-0.25, -0.2) is 19.7 Å². The number of aliphatic carboxylic acids is 1. The molecule has 3 N–H and O–H groups in total. The van der Waals surface area contributed by atoms with Crippen LogP contribution in [0.5, 0.6) is 0 Å². The molecule has 1 aromatic carbocycles. The van der Waals surface area contributed by atoms with Gasteiger partial charge in [0.2, 0.25) is 5.95 Å². The molecule has 1 fully saturated rings. The van der Waals surface area contributed by atoms with Gasteiger partial charge in [-0.2, -0.15) is 0 Å². The average Bonchev–Trinajstić information content (AvgIpc) is 3.36. The van der Waals surface area contributed by atoms with Crippen molar-refractivity contribution >= 4 is 44.6 Å². The van der Waals surface area contributed by atoms with Gasteiger partial charge in [-0.15, -0.1) is 0 Å². The number of carbonyl (C=O) groups is 2. The third-order valence-electron chi connectivity index (χ3n) is 7.04. The van der Waals surface area contributed by atoms with Crippen LogP contribution in [0.15, 0.2) is 43.1 Å². The van der Waals surface area contributed by atoms with Crippen molar-refractivity contribution in [2.45, 2.75) is 39.5 Å². The maximum absolute atomic E-state index is 12.1.